The summed E-state index contributed by atoms with van der Waals surface area (Å²) in [6.07, 6.45) is 1.67. The molecule has 0 N–H and O–H groups in total. The van der Waals surface area contributed by atoms with Gasteiger partial charge in [-0.15, -0.1) is 5.10 Å². The molecule has 4 heterocycles. The molecule has 37 heavy (non-hydrogen) atoms. The van der Waals surface area contributed by atoms with Gasteiger partial charge >= 0.3 is 0 Å². The Bertz CT molecular complexity index is 1980. The molecule has 1 unspecified atom stereocenters. The molecule has 0 amide bonds. The molecule has 7 aromatic rings. The van der Waals surface area contributed by atoms with E-state index < -0.39 is 0 Å². The van der Waals surface area contributed by atoms with Gasteiger partial charge in [0, 0.05) is 22.3 Å². The lowest BCUT2D eigenvalue weighted by Gasteiger charge is -2.28. The monoisotopic (exact) mass is 477 g/mol. The van der Waals surface area contributed by atoms with Crippen molar-refractivity contribution in [3.63, 3.8) is 0 Å². The zero-order valence-electron chi connectivity index (χ0n) is 19.6. The van der Waals surface area contributed by atoms with E-state index in [0.29, 0.717) is 17.4 Å². The molecule has 0 fully saturated rings. The van der Waals surface area contributed by atoms with Gasteiger partial charge in [0.2, 0.25) is 11.7 Å². The lowest BCUT2D eigenvalue weighted by atomic mass is 9.83. The Morgan fingerprint density at radius 2 is 1.49 bits per heavy atom. The molecule has 0 aliphatic carbocycles. The van der Waals surface area contributed by atoms with Crippen molar-refractivity contribution in [3.8, 4) is 23.1 Å². The van der Waals surface area contributed by atoms with Gasteiger partial charge in [-0.25, -0.2) is 19.5 Å². The van der Waals surface area contributed by atoms with Crippen LogP contribution in [0.1, 0.15) is 22.6 Å². The van der Waals surface area contributed by atoms with E-state index >= 15 is 0 Å². The second kappa shape index (κ2) is 7.70. The van der Waals surface area contributed by atoms with Crippen molar-refractivity contribution in [3.05, 3.63) is 126 Å². The Morgan fingerprint density at radius 1 is 0.703 bits per heavy atom. The minimum atomic E-state index is -0.109. The van der Waals surface area contributed by atoms with Crippen LogP contribution >= 0.6 is 0 Å². The van der Waals surface area contributed by atoms with Crippen LogP contribution in [0.15, 0.2) is 109 Å². The normalized spacial score (nSPS) is 14.4. The smallest absolute Gasteiger partial charge is 0.228 e. The van der Waals surface area contributed by atoms with Crippen molar-refractivity contribution >= 4 is 27.3 Å². The number of hydrogen-bond acceptors (Lipinski definition) is 5. The standard InChI is InChI=1S/C31H19N5O/c1-2-10-21(11-3-1)26-23-16-14-19-8-4-6-12-22(19)28(23)37-31-27(26)30-34-29(35-36(30)18-32-31)25-17-15-20-9-5-7-13-24(20)33-25/h1-18,26H. The van der Waals surface area contributed by atoms with Crippen molar-refractivity contribution in [2.75, 3.05) is 0 Å². The van der Waals surface area contributed by atoms with Gasteiger partial charge in [0.05, 0.1) is 11.1 Å². The Hall–Kier alpha value is -5.10. The number of nitrogens with zero attached hydrogens (tertiary/aromatic N) is 5. The maximum Gasteiger partial charge on any atom is 0.228 e. The molecule has 0 saturated carbocycles. The van der Waals surface area contributed by atoms with E-state index in [-0.39, 0.29) is 5.92 Å². The van der Waals surface area contributed by atoms with E-state index in [4.69, 9.17) is 24.8 Å². The Kier molecular flexibility index (Phi) is 4.19. The van der Waals surface area contributed by atoms with E-state index in [0.717, 1.165) is 49.8 Å². The van der Waals surface area contributed by atoms with Gasteiger partial charge in [-0.1, -0.05) is 91.0 Å². The van der Waals surface area contributed by atoms with Crippen molar-refractivity contribution in [1.82, 2.24) is 24.6 Å². The minimum Gasteiger partial charge on any atom is -0.438 e. The van der Waals surface area contributed by atoms with Gasteiger partial charge in [-0.3, -0.25) is 0 Å². The summed E-state index contributed by atoms with van der Waals surface area (Å²) in [4.78, 5) is 14.5. The average molecular weight is 478 g/mol. The zero-order valence-corrected chi connectivity index (χ0v) is 19.6. The first kappa shape index (κ1) is 20.1. The van der Waals surface area contributed by atoms with Gasteiger partial charge in [0.15, 0.2) is 5.65 Å². The predicted molar refractivity (Wildman–Crippen MR) is 143 cm³/mol. The number of ether oxygens (including phenoxy) is 1. The van der Waals surface area contributed by atoms with E-state index in [9.17, 15) is 0 Å². The van der Waals surface area contributed by atoms with Crippen LogP contribution < -0.4 is 4.74 Å². The molecule has 8 rings (SSSR count). The highest BCUT2D eigenvalue weighted by Gasteiger charge is 2.34. The van der Waals surface area contributed by atoms with Crippen molar-refractivity contribution in [2.24, 2.45) is 0 Å². The number of pyridine rings is 1. The topological polar surface area (TPSA) is 65.2 Å². The van der Waals surface area contributed by atoms with Gasteiger partial charge < -0.3 is 4.74 Å². The molecule has 0 saturated heterocycles. The molecule has 6 heteroatoms. The fourth-order valence-electron chi connectivity index (χ4n) is 5.34. The Morgan fingerprint density at radius 3 is 2.41 bits per heavy atom. The first-order chi connectivity index (χ1) is 18.3. The molecule has 3 aromatic heterocycles. The third-order valence-electron chi connectivity index (χ3n) is 7.06. The quantitative estimate of drug-likeness (QED) is 0.275. The predicted octanol–water partition coefficient (Wildman–Crippen LogP) is 6.78. The molecule has 0 spiro atoms. The number of para-hydroxylation sites is 1. The summed E-state index contributed by atoms with van der Waals surface area (Å²) < 4.78 is 8.25. The van der Waals surface area contributed by atoms with Crippen LogP contribution in [-0.2, 0) is 0 Å². The van der Waals surface area contributed by atoms with Crippen LogP contribution in [-0.4, -0.2) is 24.6 Å². The fraction of sp³-hybridized carbons (Fsp3) is 0.0323. The van der Waals surface area contributed by atoms with Crippen LogP contribution in [0.3, 0.4) is 0 Å². The van der Waals surface area contributed by atoms with E-state index in [1.165, 1.54) is 0 Å². The molecule has 1 aliphatic heterocycles. The van der Waals surface area contributed by atoms with Gasteiger partial charge in [-0.2, -0.15) is 0 Å². The third-order valence-corrected chi connectivity index (χ3v) is 7.06. The summed E-state index contributed by atoms with van der Waals surface area (Å²) in [5.74, 6) is 1.84. The van der Waals surface area contributed by atoms with Crippen molar-refractivity contribution in [2.45, 2.75) is 5.92 Å². The lowest BCUT2D eigenvalue weighted by Crippen LogP contribution is -2.15. The molecular weight excluding hydrogens is 458 g/mol. The molecule has 1 aliphatic rings. The highest BCUT2D eigenvalue weighted by molar-refractivity contribution is 5.91. The number of hydrogen-bond donors (Lipinski definition) is 0. The van der Waals surface area contributed by atoms with Crippen LogP contribution in [0.4, 0.5) is 0 Å². The molecule has 4 aromatic carbocycles. The van der Waals surface area contributed by atoms with E-state index in [1.807, 2.05) is 54.6 Å². The lowest BCUT2D eigenvalue weighted by molar-refractivity contribution is 0.437. The maximum atomic E-state index is 6.52. The number of rotatable bonds is 2. The highest BCUT2D eigenvalue weighted by atomic mass is 16.5. The summed E-state index contributed by atoms with van der Waals surface area (Å²) in [7, 11) is 0. The SMILES string of the molecule is c1ccc(C2c3ccc4ccccc4c3Oc3ncn4nc(-c5ccc6ccccc6n5)nc4c32)cc1. The summed E-state index contributed by atoms with van der Waals surface area (Å²) in [5, 5.41) is 8.03. The largest absolute Gasteiger partial charge is 0.438 e. The van der Waals surface area contributed by atoms with Gasteiger partial charge in [0.1, 0.15) is 17.8 Å². The summed E-state index contributed by atoms with van der Waals surface area (Å²) in [6.45, 7) is 0. The van der Waals surface area contributed by atoms with E-state index in [1.54, 1.807) is 10.8 Å². The fourth-order valence-corrected chi connectivity index (χ4v) is 5.34. The molecule has 6 nitrogen and oxygen atoms in total. The third kappa shape index (κ3) is 3.06. The van der Waals surface area contributed by atoms with Crippen LogP contribution in [0.25, 0.3) is 38.8 Å². The van der Waals surface area contributed by atoms with E-state index in [2.05, 4.69) is 48.5 Å². The Labute approximate surface area is 211 Å². The summed E-state index contributed by atoms with van der Waals surface area (Å²) in [5.41, 5.74) is 5.46. The summed E-state index contributed by atoms with van der Waals surface area (Å²) in [6, 6.07) is 35.1. The average Bonchev–Trinajstić information content (AvgIpc) is 3.41. The molecule has 0 bridgehead atoms. The summed E-state index contributed by atoms with van der Waals surface area (Å²) >= 11 is 0. The first-order valence-corrected chi connectivity index (χ1v) is 12.2. The number of fused-ring (bicyclic) bond motifs is 7. The number of aromatic nitrogens is 5. The molecular formula is C31H19N5O. The van der Waals surface area contributed by atoms with Crippen LogP contribution in [0, 0.1) is 0 Å². The first-order valence-electron chi connectivity index (χ1n) is 12.2. The Balaban J connectivity index is 1.38. The van der Waals surface area contributed by atoms with Gasteiger partial charge in [-0.05, 0) is 23.1 Å². The molecule has 0 radical (unpaired) electrons. The van der Waals surface area contributed by atoms with Gasteiger partial charge in [0.25, 0.3) is 0 Å². The second-order valence-corrected chi connectivity index (χ2v) is 9.21. The number of benzene rings is 4. The zero-order chi connectivity index (χ0) is 24.3. The maximum absolute atomic E-state index is 6.52. The molecule has 174 valence electrons. The van der Waals surface area contributed by atoms with Crippen molar-refractivity contribution < 1.29 is 4.74 Å². The van der Waals surface area contributed by atoms with Crippen molar-refractivity contribution in [1.29, 1.82) is 0 Å². The second-order valence-electron chi connectivity index (χ2n) is 9.21. The highest BCUT2D eigenvalue weighted by Crippen LogP contribution is 2.50. The van der Waals surface area contributed by atoms with Crippen LogP contribution in [0.2, 0.25) is 0 Å². The minimum absolute atomic E-state index is 0.109. The molecule has 1 atom stereocenters. The van der Waals surface area contributed by atoms with Crippen LogP contribution in [0.5, 0.6) is 11.6 Å².